The lowest BCUT2D eigenvalue weighted by Gasteiger charge is -2.07. The second kappa shape index (κ2) is 5.41. The average molecular weight is 274 g/mol. The molecule has 18 heavy (non-hydrogen) atoms. The van der Waals surface area contributed by atoms with Crippen molar-refractivity contribution in [2.75, 3.05) is 0 Å². The summed E-state index contributed by atoms with van der Waals surface area (Å²) in [6, 6.07) is 6.90. The fourth-order valence-electron chi connectivity index (χ4n) is 1.61. The van der Waals surface area contributed by atoms with Gasteiger partial charge in [0.1, 0.15) is 11.4 Å². The molecule has 7 heteroatoms. The maximum atomic E-state index is 12.9. The number of halogens is 3. The normalized spacial score (nSPS) is 11.2. The van der Waals surface area contributed by atoms with Crippen LogP contribution in [0.5, 0.6) is 0 Å². The van der Waals surface area contributed by atoms with Crippen molar-refractivity contribution in [1.82, 2.24) is 15.0 Å². The Hall–Kier alpha value is -1.53. The Morgan fingerprint density at radius 1 is 1.33 bits per heavy atom. The number of aliphatic hydroxyl groups is 1. The molecule has 0 aliphatic heterocycles. The van der Waals surface area contributed by atoms with Gasteiger partial charge in [0, 0.05) is 5.02 Å². The van der Waals surface area contributed by atoms with Gasteiger partial charge in [-0.25, -0.2) is 13.5 Å². The van der Waals surface area contributed by atoms with Gasteiger partial charge in [-0.05, 0) is 11.6 Å². The zero-order chi connectivity index (χ0) is 13.1. The highest BCUT2D eigenvalue weighted by molar-refractivity contribution is 6.31. The summed E-state index contributed by atoms with van der Waals surface area (Å²) in [5.74, 6) is 0. The number of alkyl halides is 2. The van der Waals surface area contributed by atoms with Gasteiger partial charge in [0.25, 0.3) is 6.43 Å². The minimum Gasteiger partial charge on any atom is -0.390 e. The van der Waals surface area contributed by atoms with Crippen LogP contribution >= 0.6 is 11.6 Å². The molecule has 0 saturated heterocycles. The molecule has 0 atom stereocenters. The van der Waals surface area contributed by atoms with E-state index in [2.05, 4.69) is 10.3 Å². The molecule has 0 saturated carbocycles. The Bertz CT molecular complexity index is 545. The van der Waals surface area contributed by atoms with E-state index in [4.69, 9.17) is 16.7 Å². The molecule has 96 valence electrons. The second-order valence-electron chi connectivity index (χ2n) is 3.63. The van der Waals surface area contributed by atoms with E-state index < -0.39 is 13.0 Å². The van der Waals surface area contributed by atoms with Crippen LogP contribution < -0.4 is 0 Å². The van der Waals surface area contributed by atoms with E-state index in [1.54, 1.807) is 24.3 Å². The van der Waals surface area contributed by atoms with Crippen molar-refractivity contribution >= 4 is 11.6 Å². The first-order valence-corrected chi connectivity index (χ1v) is 5.56. The SMILES string of the molecule is OCc1nnn(Cc2ccccc2Cl)c1C(F)F. The molecule has 1 aromatic carbocycles. The van der Waals surface area contributed by atoms with Gasteiger partial charge in [0.15, 0.2) is 0 Å². The van der Waals surface area contributed by atoms with Crippen molar-refractivity contribution in [2.24, 2.45) is 0 Å². The Morgan fingerprint density at radius 3 is 2.67 bits per heavy atom. The van der Waals surface area contributed by atoms with Crippen LogP contribution in [0.4, 0.5) is 8.78 Å². The van der Waals surface area contributed by atoms with E-state index in [0.717, 1.165) is 4.68 Å². The average Bonchev–Trinajstić information content (AvgIpc) is 2.75. The molecular formula is C11H10ClF2N3O. The Labute approximate surface area is 107 Å². The molecule has 0 unspecified atom stereocenters. The van der Waals surface area contributed by atoms with Crippen LogP contribution in [-0.4, -0.2) is 20.1 Å². The van der Waals surface area contributed by atoms with Gasteiger partial charge in [-0.1, -0.05) is 35.0 Å². The van der Waals surface area contributed by atoms with Gasteiger partial charge in [-0.3, -0.25) is 0 Å². The highest BCUT2D eigenvalue weighted by atomic mass is 35.5. The Morgan fingerprint density at radius 2 is 2.06 bits per heavy atom. The minimum atomic E-state index is -2.75. The van der Waals surface area contributed by atoms with Crippen LogP contribution in [0.2, 0.25) is 5.02 Å². The molecule has 1 N–H and O–H groups in total. The molecular weight excluding hydrogens is 264 g/mol. The molecule has 1 aromatic heterocycles. The van der Waals surface area contributed by atoms with Gasteiger partial charge in [0.2, 0.25) is 0 Å². The number of aromatic nitrogens is 3. The summed E-state index contributed by atoms with van der Waals surface area (Å²) in [5.41, 5.74) is 0.171. The highest BCUT2D eigenvalue weighted by Gasteiger charge is 2.21. The molecule has 2 rings (SSSR count). The summed E-state index contributed by atoms with van der Waals surface area (Å²) in [6.45, 7) is -0.478. The van der Waals surface area contributed by atoms with Crippen LogP contribution in [-0.2, 0) is 13.2 Å². The third-order valence-electron chi connectivity index (χ3n) is 2.48. The van der Waals surface area contributed by atoms with E-state index in [-0.39, 0.29) is 17.9 Å². The van der Waals surface area contributed by atoms with E-state index in [9.17, 15) is 8.78 Å². The summed E-state index contributed by atoms with van der Waals surface area (Å²) in [6.07, 6.45) is -2.75. The van der Waals surface area contributed by atoms with E-state index in [0.29, 0.717) is 10.6 Å². The maximum Gasteiger partial charge on any atom is 0.282 e. The summed E-state index contributed by atoms with van der Waals surface area (Å²) in [7, 11) is 0. The largest absolute Gasteiger partial charge is 0.390 e. The summed E-state index contributed by atoms with van der Waals surface area (Å²) < 4.78 is 26.8. The van der Waals surface area contributed by atoms with Crippen LogP contribution in [0.25, 0.3) is 0 Å². The van der Waals surface area contributed by atoms with Crippen LogP contribution in [0.15, 0.2) is 24.3 Å². The molecule has 4 nitrogen and oxygen atoms in total. The standard InChI is InChI=1S/C11H10ClF2N3O/c12-8-4-2-1-3-7(8)5-17-10(11(13)14)9(6-18)15-16-17/h1-4,11,18H,5-6H2. The molecule has 0 amide bonds. The predicted octanol–water partition coefficient (Wildman–Crippen LogP) is 2.41. The number of hydrogen-bond donors (Lipinski definition) is 1. The monoisotopic (exact) mass is 273 g/mol. The van der Waals surface area contributed by atoms with Crippen molar-refractivity contribution < 1.29 is 13.9 Å². The third kappa shape index (κ3) is 2.49. The minimum absolute atomic E-state index is 0.0896. The molecule has 0 aliphatic carbocycles. The van der Waals surface area contributed by atoms with Gasteiger partial charge in [-0.2, -0.15) is 0 Å². The summed E-state index contributed by atoms with van der Waals surface area (Å²) >= 11 is 5.95. The van der Waals surface area contributed by atoms with E-state index >= 15 is 0 Å². The van der Waals surface area contributed by atoms with Crippen molar-refractivity contribution in [3.05, 3.63) is 46.2 Å². The molecule has 0 radical (unpaired) electrons. The zero-order valence-corrected chi connectivity index (χ0v) is 9.98. The van der Waals surface area contributed by atoms with Gasteiger partial charge in [0.05, 0.1) is 13.2 Å². The lowest BCUT2D eigenvalue weighted by Crippen LogP contribution is -2.08. The first kappa shape index (κ1) is 12.9. The number of nitrogens with zero attached hydrogens (tertiary/aromatic N) is 3. The molecule has 0 fully saturated rings. The molecule has 0 spiro atoms. The van der Waals surface area contributed by atoms with Crippen LogP contribution in [0.3, 0.4) is 0 Å². The number of hydrogen-bond acceptors (Lipinski definition) is 3. The van der Waals surface area contributed by atoms with E-state index in [1.807, 2.05) is 0 Å². The third-order valence-corrected chi connectivity index (χ3v) is 2.85. The summed E-state index contributed by atoms with van der Waals surface area (Å²) in [4.78, 5) is 0. The quantitative estimate of drug-likeness (QED) is 0.931. The smallest absolute Gasteiger partial charge is 0.282 e. The molecule has 2 aromatic rings. The molecule has 0 aliphatic rings. The van der Waals surface area contributed by atoms with Crippen LogP contribution in [0, 0.1) is 0 Å². The Kier molecular flexibility index (Phi) is 3.88. The molecule has 1 heterocycles. The Balaban J connectivity index is 2.35. The highest BCUT2D eigenvalue weighted by Crippen LogP contribution is 2.23. The molecule has 0 bridgehead atoms. The van der Waals surface area contributed by atoms with Crippen molar-refractivity contribution in [3.63, 3.8) is 0 Å². The summed E-state index contributed by atoms with van der Waals surface area (Å²) in [5, 5.41) is 16.5. The van der Waals surface area contributed by atoms with Crippen molar-refractivity contribution in [2.45, 2.75) is 19.6 Å². The van der Waals surface area contributed by atoms with Crippen molar-refractivity contribution in [3.8, 4) is 0 Å². The fraction of sp³-hybridized carbons (Fsp3) is 0.273. The number of aliphatic hydroxyl groups excluding tert-OH is 1. The lowest BCUT2D eigenvalue weighted by atomic mass is 10.2. The van der Waals surface area contributed by atoms with Crippen LogP contribution in [0.1, 0.15) is 23.4 Å². The maximum absolute atomic E-state index is 12.9. The van der Waals surface area contributed by atoms with Crippen molar-refractivity contribution in [1.29, 1.82) is 0 Å². The van der Waals surface area contributed by atoms with E-state index in [1.165, 1.54) is 0 Å². The topological polar surface area (TPSA) is 50.9 Å². The first-order valence-electron chi connectivity index (χ1n) is 5.18. The number of benzene rings is 1. The first-order chi connectivity index (χ1) is 8.63. The lowest BCUT2D eigenvalue weighted by molar-refractivity contribution is 0.135. The number of rotatable bonds is 4. The second-order valence-corrected chi connectivity index (χ2v) is 4.04. The fourth-order valence-corrected chi connectivity index (χ4v) is 1.81. The van der Waals surface area contributed by atoms with Gasteiger partial charge < -0.3 is 5.11 Å². The predicted molar refractivity (Wildman–Crippen MR) is 61.5 cm³/mol. The van der Waals surface area contributed by atoms with Gasteiger partial charge in [-0.15, -0.1) is 5.10 Å². The zero-order valence-electron chi connectivity index (χ0n) is 9.22. The van der Waals surface area contributed by atoms with Gasteiger partial charge >= 0.3 is 0 Å².